The van der Waals surface area contributed by atoms with E-state index in [9.17, 15) is 14.7 Å². The molecule has 0 aliphatic rings. The third-order valence-corrected chi connectivity index (χ3v) is 7.45. The molecule has 0 radical (unpaired) electrons. The molecule has 0 saturated carbocycles. The van der Waals surface area contributed by atoms with Gasteiger partial charge in [0.1, 0.15) is 6.10 Å². The molecule has 0 fully saturated rings. The Labute approximate surface area is 242 Å². The number of carbonyl (C=O) groups excluding carboxylic acids is 2. The largest absolute Gasteiger partial charge is 0.466 e. The van der Waals surface area contributed by atoms with Gasteiger partial charge in [-0.2, -0.15) is 0 Å². The molecule has 0 aromatic rings. The minimum Gasteiger partial charge on any atom is -0.466 e. The summed E-state index contributed by atoms with van der Waals surface area (Å²) in [5, 5.41) is 9.42. The van der Waals surface area contributed by atoms with Crippen LogP contribution in [0.2, 0.25) is 0 Å². The van der Waals surface area contributed by atoms with E-state index in [0.717, 1.165) is 122 Å². The lowest BCUT2D eigenvalue weighted by Crippen LogP contribution is -2.29. The molecule has 0 spiro atoms. The Morgan fingerprint density at radius 2 is 1.08 bits per heavy atom. The Kier molecular flexibility index (Phi) is 29.0. The molecule has 6 heteroatoms. The molecular weight excluding hydrogens is 490 g/mol. The van der Waals surface area contributed by atoms with Gasteiger partial charge >= 0.3 is 11.9 Å². The predicted octanol–water partition coefficient (Wildman–Crippen LogP) is 8.38. The number of hydrogen-bond donors (Lipinski definition) is 1. The molecule has 39 heavy (non-hydrogen) atoms. The first kappa shape index (κ1) is 37.9. The quantitative estimate of drug-likeness (QED) is 0.0708. The fourth-order valence-corrected chi connectivity index (χ4v) is 4.90. The molecule has 232 valence electrons. The van der Waals surface area contributed by atoms with Crippen LogP contribution in [0.3, 0.4) is 0 Å². The maximum Gasteiger partial charge on any atom is 0.306 e. The van der Waals surface area contributed by atoms with E-state index >= 15 is 0 Å². The predicted molar refractivity (Wildman–Crippen MR) is 163 cm³/mol. The zero-order chi connectivity index (χ0) is 28.8. The van der Waals surface area contributed by atoms with Crippen LogP contribution in [0.1, 0.15) is 162 Å². The molecule has 0 heterocycles. The Morgan fingerprint density at radius 1 is 0.590 bits per heavy atom. The summed E-state index contributed by atoms with van der Waals surface area (Å²) in [6.07, 6.45) is 23.2. The zero-order valence-corrected chi connectivity index (χ0v) is 26.2. The number of unbranched alkanes of at least 4 members (excludes halogenated alkanes) is 13. The lowest BCUT2D eigenvalue weighted by Gasteiger charge is -2.21. The Balaban J connectivity index is 3.75. The number of aliphatic hydroxyl groups excluding tert-OH is 1. The van der Waals surface area contributed by atoms with Crippen molar-refractivity contribution in [2.24, 2.45) is 0 Å². The van der Waals surface area contributed by atoms with Crippen molar-refractivity contribution in [3.8, 4) is 0 Å². The first-order chi connectivity index (χ1) is 19.1. The fraction of sp³-hybridized carbons (Fsp3) is 0.939. The second-order valence-electron chi connectivity index (χ2n) is 11.3. The van der Waals surface area contributed by atoms with Crippen LogP contribution in [-0.4, -0.2) is 60.9 Å². The van der Waals surface area contributed by atoms with Crippen LogP contribution in [0, 0.1) is 0 Å². The number of aliphatic hydroxyl groups is 1. The SMILES string of the molecule is CCCCCCOC(=O)CCCCCCCN(CCO)CCCCCCCC(=O)OC(CCCC)CCCC. The highest BCUT2D eigenvalue weighted by Crippen LogP contribution is 2.15. The molecule has 0 amide bonds. The normalized spacial score (nSPS) is 11.4. The van der Waals surface area contributed by atoms with Crippen molar-refractivity contribution in [2.75, 3.05) is 32.8 Å². The molecule has 0 saturated heterocycles. The van der Waals surface area contributed by atoms with Gasteiger partial charge in [0.25, 0.3) is 0 Å². The molecule has 0 aromatic heterocycles. The van der Waals surface area contributed by atoms with Crippen molar-refractivity contribution in [1.29, 1.82) is 0 Å². The number of nitrogens with zero attached hydrogens (tertiary/aromatic N) is 1. The smallest absolute Gasteiger partial charge is 0.306 e. The van der Waals surface area contributed by atoms with Gasteiger partial charge in [0, 0.05) is 19.4 Å². The van der Waals surface area contributed by atoms with E-state index in [1.807, 2.05) is 0 Å². The van der Waals surface area contributed by atoms with E-state index in [1.54, 1.807) is 0 Å². The number of rotatable bonds is 30. The van der Waals surface area contributed by atoms with Crippen molar-refractivity contribution in [3.63, 3.8) is 0 Å². The minimum absolute atomic E-state index is 0.0148. The van der Waals surface area contributed by atoms with Crippen LogP contribution in [0.5, 0.6) is 0 Å². The van der Waals surface area contributed by atoms with E-state index in [4.69, 9.17) is 9.47 Å². The van der Waals surface area contributed by atoms with E-state index in [0.29, 0.717) is 19.4 Å². The lowest BCUT2D eigenvalue weighted by molar-refractivity contribution is -0.150. The summed E-state index contributed by atoms with van der Waals surface area (Å²) >= 11 is 0. The first-order valence-corrected chi connectivity index (χ1v) is 16.8. The second kappa shape index (κ2) is 29.8. The minimum atomic E-state index is -0.0426. The van der Waals surface area contributed by atoms with E-state index in [2.05, 4.69) is 25.7 Å². The van der Waals surface area contributed by atoms with E-state index < -0.39 is 0 Å². The molecule has 0 aliphatic carbocycles. The summed E-state index contributed by atoms with van der Waals surface area (Å²) < 4.78 is 11.1. The molecule has 0 aromatic carbocycles. The molecular formula is C33H65NO5. The van der Waals surface area contributed by atoms with Crippen molar-refractivity contribution in [2.45, 2.75) is 168 Å². The number of esters is 2. The van der Waals surface area contributed by atoms with Crippen molar-refractivity contribution in [3.05, 3.63) is 0 Å². The van der Waals surface area contributed by atoms with E-state index in [-0.39, 0.29) is 24.6 Å². The highest BCUT2D eigenvalue weighted by atomic mass is 16.5. The van der Waals surface area contributed by atoms with Crippen LogP contribution in [0.25, 0.3) is 0 Å². The maximum absolute atomic E-state index is 12.2. The topological polar surface area (TPSA) is 76.1 Å². The summed E-state index contributed by atoms with van der Waals surface area (Å²) in [6, 6.07) is 0. The van der Waals surface area contributed by atoms with E-state index in [1.165, 1.54) is 25.7 Å². The first-order valence-electron chi connectivity index (χ1n) is 16.8. The summed E-state index contributed by atoms with van der Waals surface area (Å²) in [6.45, 7) is 10.1. The van der Waals surface area contributed by atoms with Crippen molar-refractivity contribution >= 4 is 11.9 Å². The van der Waals surface area contributed by atoms with Crippen LogP contribution >= 0.6 is 0 Å². The average Bonchev–Trinajstić information content (AvgIpc) is 2.93. The number of carbonyl (C=O) groups is 2. The van der Waals surface area contributed by atoms with Gasteiger partial charge in [-0.1, -0.05) is 104 Å². The van der Waals surface area contributed by atoms with Gasteiger partial charge in [0.2, 0.25) is 0 Å². The molecule has 0 rings (SSSR count). The second-order valence-corrected chi connectivity index (χ2v) is 11.3. The van der Waals surface area contributed by atoms with Crippen LogP contribution < -0.4 is 0 Å². The third kappa shape index (κ3) is 26.8. The molecule has 6 nitrogen and oxygen atoms in total. The summed E-state index contributed by atoms with van der Waals surface area (Å²) in [4.78, 5) is 26.4. The fourth-order valence-electron chi connectivity index (χ4n) is 4.90. The Bertz CT molecular complexity index is 534. The molecule has 0 aliphatic heterocycles. The molecule has 1 N–H and O–H groups in total. The van der Waals surface area contributed by atoms with Crippen LogP contribution in [0.15, 0.2) is 0 Å². The number of ether oxygens (including phenoxy) is 2. The third-order valence-electron chi connectivity index (χ3n) is 7.45. The van der Waals surface area contributed by atoms with Gasteiger partial charge in [0.15, 0.2) is 0 Å². The van der Waals surface area contributed by atoms with Crippen molar-refractivity contribution in [1.82, 2.24) is 4.90 Å². The van der Waals surface area contributed by atoms with Gasteiger partial charge in [-0.25, -0.2) is 0 Å². The van der Waals surface area contributed by atoms with Gasteiger partial charge in [0.05, 0.1) is 13.2 Å². The van der Waals surface area contributed by atoms with Gasteiger partial charge in [-0.3, -0.25) is 9.59 Å². The lowest BCUT2D eigenvalue weighted by atomic mass is 10.1. The molecule has 0 bridgehead atoms. The average molecular weight is 556 g/mol. The highest BCUT2D eigenvalue weighted by molar-refractivity contribution is 5.69. The van der Waals surface area contributed by atoms with Gasteiger partial charge in [-0.05, 0) is 58.0 Å². The summed E-state index contributed by atoms with van der Waals surface area (Å²) in [5.74, 6) is -0.0573. The maximum atomic E-state index is 12.2. The molecule has 0 atom stereocenters. The van der Waals surface area contributed by atoms with Crippen molar-refractivity contribution < 1.29 is 24.2 Å². The van der Waals surface area contributed by atoms with Gasteiger partial charge in [-0.15, -0.1) is 0 Å². The highest BCUT2D eigenvalue weighted by Gasteiger charge is 2.13. The standard InChI is InChI=1S/C33H65NO5/c1-4-7-10-21-30-38-32(36)24-17-13-11-15-19-26-34(28-29-35)27-20-16-12-14-18-25-33(37)39-31(22-8-5-2)23-9-6-3/h31,35H,4-30H2,1-3H3. The monoisotopic (exact) mass is 555 g/mol. The van der Waals surface area contributed by atoms with Crippen LogP contribution in [-0.2, 0) is 19.1 Å². The Morgan fingerprint density at radius 3 is 1.62 bits per heavy atom. The Hall–Kier alpha value is -1.14. The van der Waals surface area contributed by atoms with Gasteiger partial charge < -0.3 is 19.5 Å². The van der Waals surface area contributed by atoms with Crippen LogP contribution in [0.4, 0.5) is 0 Å². The number of hydrogen-bond acceptors (Lipinski definition) is 6. The zero-order valence-electron chi connectivity index (χ0n) is 26.2. The summed E-state index contributed by atoms with van der Waals surface area (Å²) in [5.41, 5.74) is 0. The summed E-state index contributed by atoms with van der Waals surface area (Å²) in [7, 11) is 0. The molecule has 0 unspecified atom stereocenters.